The van der Waals surface area contributed by atoms with E-state index in [4.69, 9.17) is 0 Å². The van der Waals surface area contributed by atoms with Crippen molar-refractivity contribution in [3.05, 3.63) is 35.4 Å². The van der Waals surface area contributed by atoms with Crippen molar-refractivity contribution in [2.75, 3.05) is 13.2 Å². The summed E-state index contributed by atoms with van der Waals surface area (Å²) in [6.07, 6.45) is 2.34. The van der Waals surface area contributed by atoms with E-state index in [0.29, 0.717) is 13.0 Å². The monoisotopic (exact) mass is 332 g/mol. The summed E-state index contributed by atoms with van der Waals surface area (Å²) in [5.41, 5.74) is 1.86. The van der Waals surface area contributed by atoms with Gasteiger partial charge in [0.1, 0.15) is 0 Å². The molecular formula is C19H28N2O3. The van der Waals surface area contributed by atoms with Crippen molar-refractivity contribution < 1.29 is 14.7 Å². The summed E-state index contributed by atoms with van der Waals surface area (Å²) in [5, 5.41) is 12.3. The lowest BCUT2D eigenvalue weighted by Gasteiger charge is -2.37. The number of carbonyl (C=O) groups is 2. The van der Waals surface area contributed by atoms with E-state index < -0.39 is 5.54 Å². The zero-order chi connectivity index (χ0) is 17.7. The number of benzene rings is 1. The number of nitrogens with zero attached hydrogens (tertiary/aromatic N) is 1. The number of carbonyl (C=O) groups excluding carboxylic acids is 2. The highest BCUT2D eigenvalue weighted by molar-refractivity contribution is 5.80. The fraction of sp³-hybridized carbons (Fsp3) is 0.579. The molecule has 0 radical (unpaired) electrons. The minimum atomic E-state index is -0.416. The van der Waals surface area contributed by atoms with Gasteiger partial charge in [-0.2, -0.15) is 0 Å². The first-order chi connectivity index (χ1) is 11.4. The number of aliphatic hydroxyl groups excluding tert-OH is 1. The molecule has 2 rings (SSSR count). The Morgan fingerprint density at radius 1 is 1.38 bits per heavy atom. The highest BCUT2D eigenvalue weighted by Gasteiger charge is 2.32. The van der Waals surface area contributed by atoms with Gasteiger partial charge in [0, 0.05) is 25.6 Å². The Morgan fingerprint density at radius 3 is 2.71 bits per heavy atom. The van der Waals surface area contributed by atoms with Gasteiger partial charge in [-0.15, -0.1) is 0 Å². The van der Waals surface area contributed by atoms with Crippen LogP contribution in [-0.2, 0) is 16.0 Å². The molecule has 0 saturated heterocycles. The summed E-state index contributed by atoms with van der Waals surface area (Å²) in [6, 6.07) is 7.81. The second-order valence-electron chi connectivity index (χ2n) is 6.82. The van der Waals surface area contributed by atoms with Crippen molar-refractivity contribution >= 4 is 11.8 Å². The molecule has 132 valence electrons. The molecule has 1 heterocycles. The number of hydrogen-bond acceptors (Lipinski definition) is 3. The van der Waals surface area contributed by atoms with Crippen LogP contribution < -0.4 is 5.32 Å². The molecular weight excluding hydrogens is 304 g/mol. The van der Waals surface area contributed by atoms with Gasteiger partial charge in [0.15, 0.2) is 0 Å². The van der Waals surface area contributed by atoms with Crippen LogP contribution >= 0.6 is 0 Å². The molecule has 1 aliphatic rings. The van der Waals surface area contributed by atoms with Crippen LogP contribution in [0.25, 0.3) is 0 Å². The summed E-state index contributed by atoms with van der Waals surface area (Å²) in [7, 11) is 0. The first-order valence-electron chi connectivity index (χ1n) is 8.67. The van der Waals surface area contributed by atoms with Crippen molar-refractivity contribution in [3.8, 4) is 0 Å². The van der Waals surface area contributed by atoms with E-state index >= 15 is 0 Å². The van der Waals surface area contributed by atoms with Crippen molar-refractivity contribution in [2.45, 2.75) is 58.0 Å². The Balaban J connectivity index is 2.18. The van der Waals surface area contributed by atoms with Crippen LogP contribution in [0, 0.1) is 0 Å². The maximum absolute atomic E-state index is 12.6. The van der Waals surface area contributed by atoms with Crippen LogP contribution in [0.1, 0.15) is 57.2 Å². The van der Waals surface area contributed by atoms with Crippen LogP contribution in [0.5, 0.6) is 0 Å². The molecule has 5 heteroatoms. The third kappa shape index (κ3) is 4.15. The van der Waals surface area contributed by atoms with E-state index in [9.17, 15) is 14.7 Å². The molecule has 24 heavy (non-hydrogen) atoms. The smallest absolute Gasteiger partial charge is 0.222 e. The zero-order valence-corrected chi connectivity index (χ0v) is 14.8. The Morgan fingerprint density at radius 2 is 2.08 bits per heavy atom. The van der Waals surface area contributed by atoms with Gasteiger partial charge >= 0.3 is 0 Å². The molecule has 0 bridgehead atoms. The topological polar surface area (TPSA) is 69.6 Å². The first-order valence-corrected chi connectivity index (χ1v) is 8.67. The van der Waals surface area contributed by atoms with E-state index in [1.54, 1.807) is 11.8 Å². The molecule has 2 N–H and O–H groups in total. The fourth-order valence-electron chi connectivity index (χ4n) is 3.39. The lowest BCUT2D eigenvalue weighted by Crippen LogP contribution is -2.48. The second kappa shape index (κ2) is 7.79. The van der Waals surface area contributed by atoms with E-state index in [2.05, 4.69) is 11.4 Å². The molecule has 2 unspecified atom stereocenters. The van der Waals surface area contributed by atoms with Crippen molar-refractivity contribution in [1.29, 1.82) is 0 Å². The van der Waals surface area contributed by atoms with Gasteiger partial charge in [0.25, 0.3) is 0 Å². The second-order valence-corrected chi connectivity index (χ2v) is 6.82. The van der Waals surface area contributed by atoms with Gasteiger partial charge in [-0.3, -0.25) is 9.59 Å². The van der Waals surface area contributed by atoms with Crippen LogP contribution in [0.15, 0.2) is 24.3 Å². The lowest BCUT2D eigenvalue weighted by atomic mass is 9.89. The molecule has 1 aromatic carbocycles. The van der Waals surface area contributed by atoms with E-state index in [1.807, 2.05) is 32.0 Å². The van der Waals surface area contributed by atoms with Gasteiger partial charge in [0.2, 0.25) is 11.8 Å². The summed E-state index contributed by atoms with van der Waals surface area (Å²) in [5.74, 6) is -0.0864. The molecule has 0 aliphatic carbocycles. The molecule has 0 aromatic heterocycles. The van der Waals surface area contributed by atoms with Crippen molar-refractivity contribution in [1.82, 2.24) is 10.2 Å². The van der Waals surface area contributed by atoms with E-state index in [-0.39, 0.29) is 30.9 Å². The molecule has 1 aliphatic heterocycles. The molecule has 1 aromatic rings. The molecule has 0 fully saturated rings. The third-order valence-corrected chi connectivity index (χ3v) is 5.08. The van der Waals surface area contributed by atoms with Crippen LogP contribution in [0.2, 0.25) is 0 Å². The number of hydrogen-bond donors (Lipinski definition) is 2. The number of fused-ring (bicyclic) bond motifs is 1. The highest BCUT2D eigenvalue weighted by atomic mass is 16.3. The average molecular weight is 332 g/mol. The minimum Gasteiger partial charge on any atom is -0.396 e. The van der Waals surface area contributed by atoms with Gasteiger partial charge in [-0.1, -0.05) is 31.2 Å². The summed E-state index contributed by atoms with van der Waals surface area (Å²) in [6.45, 7) is 6.18. The van der Waals surface area contributed by atoms with Crippen LogP contribution in [-0.4, -0.2) is 40.5 Å². The number of rotatable bonds is 6. The Kier molecular flexibility index (Phi) is 5.99. The highest BCUT2D eigenvalue weighted by Crippen LogP contribution is 2.32. The van der Waals surface area contributed by atoms with E-state index in [1.165, 1.54) is 5.56 Å². The normalized spacial score (nSPS) is 19.3. The first kappa shape index (κ1) is 18.5. The van der Waals surface area contributed by atoms with Crippen molar-refractivity contribution in [2.24, 2.45) is 0 Å². The van der Waals surface area contributed by atoms with Gasteiger partial charge < -0.3 is 15.3 Å². The summed E-state index contributed by atoms with van der Waals surface area (Å²) in [4.78, 5) is 26.4. The average Bonchev–Trinajstić information content (AvgIpc) is 2.55. The molecule has 2 atom stereocenters. The van der Waals surface area contributed by atoms with Gasteiger partial charge in [0.05, 0.1) is 12.5 Å². The standard InChI is InChI=1S/C19H28N2O3/c1-4-19(3,10-12-22)20-18(24)13-17-16-8-6-5-7-15(16)9-11-21(17)14(2)23/h5-8,17,22H,4,9-13H2,1-3H3,(H,20,24). The predicted octanol–water partition coefficient (Wildman–Crippen LogP) is 2.19. The summed E-state index contributed by atoms with van der Waals surface area (Å²) < 4.78 is 0. The maximum atomic E-state index is 12.6. The van der Waals surface area contributed by atoms with Crippen molar-refractivity contribution in [3.63, 3.8) is 0 Å². The number of aliphatic hydroxyl groups is 1. The Hall–Kier alpha value is -1.88. The van der Waals surface area contributed by atoms with Crippen LogP contribution in [0.4, 0.5) is 0 Å². The number of amides is 2. The SMILES string of the molecule is CCC(C)(CCO)NC(=O)CC1c2ccccc2CCN1C(C)=O. The van der Waals surface area contributed by atoms with Gasteiger partial charge in [-0.25, -0.2) is 0 Å². The fourth-order valence-corrected chi connectivity index (χ4v) is 3.39. The summed E-state index contributed by atoms with van der Waals surface area (Å²) >= 11 is 0. The third-order valence-electron chi connectivity index (χ3n) is 5.08. The maximum Gasteiger partial charge on any atom is 0.222 e. The Bertz CT molecular complexity index is 602. The van der Waals surface area contributed by atoms with E-state index in [0.717, 1.165) is 18.4 Å². The molecule has 5 nitrogen and oxygen atoms in total. The Labute approximate surface area is 144 Å². The molecule has 0 spiro atoms. The quantitative estimate of drug-likeness (QED) is 0.839. The zero-order valence-electron chi connectivity index (χ0n) is 14.8. The predicted molar refractivity (Wildman–Crippen MR) is 93.4 cm³/mol. The molecule has 2 amide bonds. The van der Waals surface area contributed by atoms with Gasteiger partial charge in [-0.05, 0) is 37.3 Å². The molecule has 0 saturated carbocycles. The van der Waals surface area contributed by atoms with Crippen LogP contribution in [0.3, 0.4) is 0 Å². The largest absolute Gasteiger partial charge is 0.396 e. The number of nitrogens with one attached hydrogen (secondary N) is 1. The lowest BCUT2D eigenvalue weighted by molar-refractivity contribution is -0.133. The minimum absolute atomic E-state index is 0.00378.